The zero-order valence-electron chi connectivity index (χ0n) is 13.5. The van der Waals surface area contributed by atoms with Gasteiger partial charge in [-0.2, -0.15) is 9.97 Å². The van der Waals surface area contributed by atoms with Crippen LogP contribution < -0.4 is 15.8 Å². The van der Waals surface area contributed by atoms with Crippen LogP contribution in [-0.2, 0) is 0 Å². The van der Waals surface area contributed by atoms with Crippen LogP contribution in [0.1, 0.15) is 12.8 Å². The highest BCUT2D eigenvalue weighted by molar-refractivity contribution is 5.43. The molecule has 2 heterocycles. The lowest BCUT2D eigenvalue weighted by molar-refractivity contribution is 0.133. The van der Waals surface area contributed by atoms with Crippen molar-refractivity contribution in [1.82, 2.24) is 19.8 Å². The Morgan fingerprint density at radius 1 is 1.27 bits per heavy atom. The molecule has 3 rings (SSSR count). The fourth-order valence-electron chi connectivity index (χ4n) is 2.96. The van der Waals surface area contributed by atoms with Crippen molar-refractivity contribution in [3.05, 3.63) is 6.07 Å². The fraction of sp³-hybridized carbons (Fsp3) is 0.733. The minimum atomic E-state index is 0.241. The van der Waals surface area contributed by atoms with Gasteiger partial charge in [0.1, 0.15) is 5.82 Å². The molecule has 22 heavy (non-hydrogen) atoms. The van der Waals surface area contributed by atoms with Gasteiger partial charge in [0.25, 0.3) is 0 Å². The van der Waals surface area contributed by atoms with Crippen LogP contribution >= 0.6 is 0 Å². The van der Waals surface area contributed by atoms with E-state index in [1.54, 1.807) is 13.2 Å². The molecule has 1 saturated carbocycles. The van der Waals surface area contributed by atoms with Gasteiger partial charge in [-0.15, -0.1) is 0 Å². The zero-order chi connectivity index (χ0) is 15.6. The average molecular weight is 306 g/mol. The Kier molecular flexibility index (Phi) is 4.35. The van der Waals surface area contributed by atoms with Crippen LogP contribution in [-0.4, -0.2) is 73.2 Å². The lowest BCUT2D eigenvalue weighted by atomic mass is 10.1. The highest BCUT2D eigenvalue weighted by Gasteiger charge is 2.43. The van der Waals surface area contributed by atoms with Gasteiger partial charge in [0.2, 0.25) is 11.8 Å². The Bertz CT molecular complexity index is 511. The fourth-order valence-corrected chi connectivity index (χ4v) is 2.96. The van der Waals surface area contributed by atoms with Crippen LogP contribution in [0.4, 0.5) is 11.8 Å². The molecular weight excluding hydrogens is 280 g/mol. The van der Waals surface area contributed by atoms with E-state index in [9.17, 15) is 0 Å². The summed E-state index contributed by atoms with van der Waals surface area (Å²) in [6.07, 6.45) is 2.56. The predicted molar refractivity (Wildman–Crippen MR) is 87.1 cm³/mol. The van der Waals surface area contributed by atoms with Gasteiger partial charge in [-0.25, -0.2) is 0 Å². The maximum absolute atomic E-state index is 5.70. The molecule has 2 fully saturated rings. The number of nitrogen functional groups attached to an aromatic ring is 1. The molecule has 1 aromatic heterocycles. The number of hydrogen-bond acceptors (Lipinski definition) is 7. The van der Waals surface area contributed by atoms with Gasteiger partial charge in [0, 0.05) is 50.7 Å². The summed E-state index contributed by atoms with van der Waals surface area (Å²) in [6, 6.07) is 1.79. The number of aromatic nitrogens is 2. The van der Waals surface area contributed by atoms with Gasteiger partial charge in [-0.05, 0) is 19.9 Å². The monoisotopic (exact) mass is 306 g/mol. The Morgan fingerprint density at radius 3 is 2.64 bits per heavy atom. The van der Waals surface area contributed by atoms with Crippen LogP contribution in [0.5, 0.6) is 5.88 Å². The molecule has 1 aliphatic heterocycles. The highest BCUT2D eigenvalue weighted by Crippen LogP contribution is 2.46. The number of hydrogen-bond donors (Lipinski definition) is 2. The summed E-state index contributed by atoms with van der Waals surface area (Å²) in [5.74, 6) is 1.48. The Morgan fingerprint density at radius 2 is 2.00 bits per heavy atom. The van der Waals surface area contributed by atoms with Gasteiger partial charge in [-0.3, -0.25) is 0 Å². The van der Waals surface area contributed by atoms with Crippen molar-refractivity contribution >= 4 is 11.8 Å². The Labute approximate surface area is 131 Å². The lowest BCUT2D eigenvalue weighted by Gasteiger charge is -2.35. The van der Waals surface area contributed by atoms with Crippen molar-refractivity contribution in [2.45, 2.75) is 12.8 Å². The first kappa shape index (κ1) is 15.3. The van der Waals surface area contributed by atoms with Gasteiger partial charge >= 0.3 is 0 Å². The van der Waals surface area contributed by atoms with Crippen LogP contribution in [0, 0.1) is 5.41 Å². The summed E-state index contributed by atoms with van der Waals surface area (Å²) in [5.41, 5.74) is 6.09. The van der Waals surface area contributed by atoms with Crippen molar-refractivity contribution in [3.63, 3.8) is 0 Å². The second-order valence-corrected chi connectivity index (χ2v) is 6.59. The SMILES string of the molecule is COc1cc(NCC2(CN3CCN(C)CC3)CC2)nc(N)n1. The molecule has 0 unspecified atom stereocenters. The molecule has 0 radical (unpaired) electrons. The number of ether oxygens (including phenoxy) is 1. The van der Waals surface area contributed by atoms with E-state index in [2.05, 4.69) is 32.1 Å². The molecule has 7 nitrogen and oxygen atoms in total. The molecule has 1 saturated heterocycles. The van der Waals surface area contributed by atoms with Crippen molar-refractivity contribution < 1.29 is 4.74 Å². The third-order valence-corrected chi connectivity index (χ3v) is 4.69. The van der Waals surface area contributed by atoms with Crippen LogP contribution in [0.15, 0.2) is 6.07 Å². The average Bonchev–Trinajstić information content (AvgIpc) is 3.27. The summed E-state index contributed by atoms with van der Waals surface area (Å²) >= 11 is 0. The lowest BCUT2D eigenvalue weighted by Crippen LogP contribution is -2.47. The maximum atomic E-state index is 5.70. The van der Waals surface area contributed by atoms with Crippen molar-refractivity contribution in [1.29, 1.82) is 0 Å². The first-order valence-electron chi connectivity index (χ1n) is 7.92. The number of likely N-dealkylation sites (N-methyl/N-ethyl adjacent to an activating group) is 1. The van der Waals surface area contributed by atoms with E-state index in [-0.39, 0.29) is 5.95 Å². The van der Waals surface area contributed by atoms with Crippen molar-refractivity contribution in [3.8, 4) is 5.88 Å². The summed E-state index contributed by atoms with van der Waals surface area (Å²) in [5, 5.41) is 3.41. The largest absolute Gasteiger partial charge is 0.481 e. The summed E-state index contributed by atoms with van der Waals surface area (Å²) in [4.78, 5) is 13.2. The predicted octanol–water partition coefficient (Wildman–Crippen LogP) is 0.507. The first-order valence-corrected chi connectivity index (χ1v) is 7.92. The standard InChI is InChI=1S/C15H26N6O/c1-20-5-7-21(8-6-20)11-15(3-4-15)10-17-12-9-13(22-2)19-14(16)18-12/h9H,3-8,10-11H2,1-2H3,(H3,16,17,18,19). The molecule has 0 aromatic carbocycles. The van der Waals surface area contributed by atoms with Gasteiger partial charge in [0.05, 0.1) is 7.11 Å². The molecule has 1 aliphatic carbocycles. The second kappa shape index (κ2) is 6.26. The third-order valence-electron chi connectivity index (χ3n) is 4.69. The van der Waals surface area contributed by atoms with E-state index >= 15 is 0 Å². The quantitative estimate of drug-likeness (QED) is 0.792. The van der Waals surface area contributed by atoms with E-state index in [4.69, 9.17) is 10.5 Å². The summed E-state index contributed by atoms with van der Waals surface area (Å²) < 4.78 is 5.13. The van der Waals surface area contributed by atoms with Crippen molar-refractivity contribution in [2.75, 3.05) is 64.5 Å². The Hall–Kier alpha value is -1.60. The molecule has 0 spiro atoms. The normalized spacial score (nSPS) is 21.5. The molecule has 0 atom stereocenters. The zero-order valence-corrected chi connectivity index (χ0v) is 13.5. The molecule has 0 bridgehead atoms. The second-order valence-electron chi connectivity index (χ2n) is 6.59. The minimum absolute atomic E-state index is 0.241. The number of rotatable bonds is 6. The molecular formula is C15H26N6O. The Balaban J connectivity index is 1.53. The summed E-state index contributed by atoms with van der Waals surface area (Å²) in [7, 11) is 3.78. The number of nitrogens with zero attached hydrogens (tertiary/aromatic N) is 4. The number of nitrogens with one attached hydrogen (secondary N) is 1. The first-order chi connectivity index (χ1) is 10.6. The van der Waals surface area contributed by atoms with Gasteiger partial charge < -0.3 is 25.6 Å². The number of piperazine rings is 1. The minimum Gasteiger partial charge on any atom is -0.481 e. The highest BCUT2D eigenvalue weighted by atomic mass is 16.5. The van der Waals surface area contributed by atoms with Crippen LogP contribution in [0.3, 0.4) is 0 Å². The van der Waals surface area contributed by atoms with Crippen LogP contribution in [0.2, 0.25) is 0 Å². The topological polar surface area (TPSA) is 79.5 Å². The third kappa shape index (κ3) is 3.78. The smallest absolute Gasteiger partial charge is 0.225 e. The summed E-state index contributed by atoms with van der Waals surface area (Å²) in [6.45, 7) is 6.79. The van der Waals surface area contributed by atoms with E-state index in [0.29, 0.717) is 11.3 Å². The molecule has 0 amide bonds. The van der Waals surface area contributed by atoms with E-state index < -0.39 is 0 Å². The molecule has 122 valence electrons. The number of nitrogens with two attached hydrogens (primary N) is 1. The van der Waals surface area contributed by atoms with Crippen LogP contribution in [0.25, 0.3) is 0 Å². The molecule has 7 heteroatoms. The van der Waals surface area contributed by atoms with E-state index in [0.717, 1.165) is 12.4 Å². The van der Waals surface area contributed by atoms with Gasteiger partial charge in [-0.1, -0.05) is 0 Å². The van der Waals surface area contributed by atoms with E-state index in [1.807, 2.05) is 0 Å². The number of methoxy groups -OCH3 is 1. The molecule has 2 aliphatic rings. The number of anilines is 2. The van der Waals surface area contributed by atoms with Gasteiger partial charge in [0.15, 0.2) is 0 Å². The maximum Gasteiger partial charge on any atom is 0.225 e. The van der Waals surface area contributed by atoms with E-state index in [1.165, 1.54) is 45.6 Å². The molecule has 3 N–H and O–H groups in total. The van der Waals surface area contributed by atoms with Crippen molar-refractivity contribution in [2.24, 2.45) is 5.41 Å². The molecule has 1 aromatic rings.